The van der Waals surface area contributed by atoms with Gasteiger partial charge in [-0.05, 0) is 24.0 Å². The molecule has 1 aromatic carbocycles. The first-order valence-electron chi connectivity index (χ1n) is 5.63. The molecule has 0 aliphatic heterocycles. The topological polar surface area (TPSA) is 64.6 Å². The molecule has 0 spiro atoms. The Morgan fingerprint density at radius 3 is 2.63 bits per heavy atom. The van der Waals surface area contributed by atoms with Crippen molar-refractivity contribution in [1.29, 1.82) is 0 Å². The molecule has 0 bridgehead atoms. The molecule has 0 unspecified atom stereocenters. The molecule has 0 aliphatic rings. The number of ether oxygens (including phenoxy) is 2. The molecule has 0 atom stereocenters. The lowest BCUT2D eigenvalue weighted by atomic mass is 10.1. The van der Waals surface area contributed by atoms with Gasteiger partial charge in [0.25, 0.3) is 0 Å². The van der Waals surface area contributed by atoms with Gasteiger partial charge in [-0.1, -0.05) is 6.07 Å². The Morgan fingerprint density at radius 1 is 1.32 bits per heavy atom. The second-order valence-electron chi connectivity index (χ2n) is 3.74. The third kappa shape index (κ3) is 4.48. The van der Waals surface area contributed by atoms with Crippen LogP contribution in [0.2, 0.25) is 0 Å². The highest BCUT2D eigenvalue weighted by Gasteiger charge is 2.13. The van der Waals surface area contributed by atoms with Gasteiger partial charge in [0.05, 0.1) is 20.0 Å². The summed E-state index contributed by atoms with van der Waals surface area (Å²) in [5.74, 6) is 0.364. The summed E-state index contributed by atoms with van der Waals surface area (Å²) in [5, 5.41) is 2.77. The highest BCUT2D eigenvalue weighted by Crippen LogP contribution is 2.20. The minimum atomic E-state index is -0.464. The molecule has 0 aromatic heterocycles. The van der Waals surface area contributed by atoms with Gasteiger partial charge in [-0.3, -0.25) is 4.79 Å². The van der Waals surface area contributed by atoms with E-state index in [1.165, 1.54) is 26.0 Å². The van der Waals surface area contributed by atoms with Crippen molar-refractivity contribution in [2.45, 2.75) is 6.54 Å². The lowest BCUT2D eigenvalue weighted by molar-refractivity contribution is -0.118. The van der Waals surface area contributed by atoms with Gasteiger partial charge < -0.3 is 14.8 Å². The monoisotopic (exact) mass is 283 g/mol. The first-order chi connectivity index (χ1) is 9.12. The van der Waals surface area contributed by atoms with Crippen LogP contribution in [0.4, 0.5) is 0 Å². The summed E-state index contributed by atoms with van der Waals surface area (Å²) in [6.07, 6.45) is 1.86. The summed E-state index contributed by atoms with van der Waals surface area (Å²) >= 11 is 1.46. The molecule has 6 heteroatoms. The third-order valence-corrected chi connectivity index (χ3v) is 2.99. The number of hydrogen-bond acceptors (Lipinski definition) is 5. The summed E-state index contributed by atoms with van der Waals surface area (Å²) in [4.78, 5) is 23.0. The van der Waals surface area contributed by atoms with E-state index >= 15 is 0 Å². The van der Waals surface area contributed by atoms with E-state index in [0.717, 1.165) is 5.56 Å². The minimum absolute atomic E-state index is 0.0389. The van der Waals surface area contributed by atoms with Crippen molar-refractivity contribution >= 4 is 23.6 Å². The SMILES string of the molecule is COC(=O)c1cc(CNC(=O)CSC)ccc1OC. The molecule has 0 heterocycles. The van der Waals surface area contributed by atoms with Gasteiger partial charge in [0.2, 0.25) is 5.91 Å². The Balaban J connectivity index is 2.80. The number of carbonyl (C=O) groups is 2. The van der Waals surface area contributed by atoms with Crippen molar-refractivity contribution in [3.8, 4) is 5.75 Å². The molecule has 19 heavy (non-hydrogen) atoms. The fraction of sp³-hybridized carbons (Fsp3) is 0.385. The lowest BCUT2D eigenvalue weighted by Crippen LogP contribution is -2.24. The molecule has 0 fully saturated rings. The molecule has 1 amide bonds. The average molecular weight is 283 g/mol. The van der Waals surface area contributed by atoms with E-state index in [9.17, 15) is 9.59 Å². The van der Waals surface area contributed by atoms with Crippen LogP contribution in [0, 0.1) is 0 Å². The predicted octanol–water partition coefficient (Wildman–Crippen LogP) is 1.46. The summed E-state index contributed by atoms with van der Waals surface area (Å²) < 4.78 is 9.78. The van der Waals surface area contributed by atoms with Gasteiger partial charge in [0.15, 0.2) is 0 Å². The maximum Gasteiger partial charge on any atom is 0.341 e. The Hall–Kier alpha value is -1.69. The number of amides is 1. The smallest absolute Gasteiger partial charge is 0.341 e. The normalized spacial score (nSPS) is 9.84. The summed E-state index contributed by atoms with van der Waals surface area (Å²) in [6, 6.07) is 5.14. The molecule has 0 saturated heterocycles. The van der Waals surface area contributed by atoms with Gasteiger partial charge in [0, 0.05) is 6.54 Å². The first kappa shape index (κ1) is 15.4. The maximum absolute atomic E-state index is 11.6. The van der Waals surface area contributed by atoms with E-state index in [1.807, 2.05) is 6.26 Å². The van der Waals surface area contributed by atoms with Crippen molar-refractivity contribution in [2.24, 2.45) is 0 Å². The van der Waals surface area contributed by atoms with Crippen LogP contribution in [0.15, 0.2) is 18.2 Å². The van der Waals surface area contributed by atoms with Gasteiger partial charge in [-0.15, -0.1) is 0 Å². The Labute approximate surface area is 116 Å². The fourth-order valence-electron chi connectivity index (χ4n) is 1.52. The Bertz CT molecular complexity index is 462. The largest absolute Gasteiger partial charge is 0.496 e. The summed E-state index contributed by atoms with van der Waals surface area (Å²) in [7, 11) is 2.80. The molecule has 104 valence electrons. The average Bonchev–Trinajstić information content (AvgIpc) is 2.44. The molecule has 1 N–H and O–H groups in total. The first-order valence-corrected chi connectivity index (χ1v) is 7.02. The van der Waals surface area contributed by atoms with Crippen LogP contribution in [0.25, 0.3) is 0 Å². The number of carbonyl (C=O) groups excluding carboxylic acids is 2. The number of benzene rings is 1. The van der Waals surface area contributed by atoms with E-state index in [4.69, 9.17) is 4.74 Å². The molecule has 0 radical (unpaired) electrons. The van der Waals surface area contributed by atoms with Crippen LogP contribution in [-0.2, 0) is 16.1 Å². The molecule has 5 nitrogen and oxygen atoms in total. The number of rotatable bonds is 6. The van der Waals surface area contributed by atoms with Crippen molar-refractivity contribution in [3.63, 3.8) is 0 Å². The summed E-state index contributed by atoms with van der Waals surface area (Å²) in [6.45, 7) is 0.368. The van der Waals surface area contributed by atoms with E-state index in [2.05, 4.69) is 10.1 Å². The highest BCUT2D eigenvalue weighted by molar-refractivity contribution is 7.99. The third-order valence-electron chi connectivity index (χ3n) is 2.43. The highest BCUT2D eigenvalue weighted by atomic mass is 32.2. The van der Waals surface area contributed by atoms with Crippen LogP contribution < -0.4 is 10.1 Å². The number of nitrogens with one attached hydrogen (secondary N) is 1. The quantitative estimate of drug-likeness (QED) is 0.801. The van der Waals surface area contributed by atoms with Crippen molar-refractivity contribution in [1.82, 2.24) is 5.32 Å². The van der Waals surface area contributed by atoms with Crippen molar-refractivity contribution < 1.29 is 19.1 Å². The van der Waals surface area contributed by atoms with Crippen LogP contribution >= 0.6 is 11.8 Å². The number of methoxy groups -OCH3 is 2. The summed E-state index contributed by atoms with van der Waals surface area (Å²) in [5.41, 5.74) is 1.16. The van der Waals surface area contributed by atoms with E-state index in [-0.39, 0.29) is 5.91 Å². The number of hydrogen-bond donors (Lipinski definition) is 1. The van der Waals surface area contributed by atoms with E-state index in [0.29, 0.717) is 23.6 Å². The van der Waals surface area contributed by atoms with Gasteiger partial charge in [-0.25, -0.2) is 4.79 Å². The molecule has 0 saturated carbocycles. The predicted molar refractivity (Wildman–Crippen MR) is 74.6 cm³/mol. The fourth-order valence-corrected chi connectivity index (χ4v) is 1.88. The van der Waals surface area contributed by atoms with Crippen LogP contribution in [0.5, 0.6) is 5.75 Å². The second kappa shape index (κ2) is 7.68. The van der Waals surface area contributed by atoms with Crippen LogP contribution in [0.3, 0.4) is 0 Å². The Kier molecular flexibility index (Phi) is 6.21. The molecule has 1 rings (SSSR count). The van der Waals surface area contributed by atoms with Crippen molar-refractivity contribution in [2.75, 3.05) is 26.2 Å². The zero-order valence-electron chi connectivity index (χ0n) is 11.2. The Morgan fingerprint density at radius 2 is 2.05 bits per heavy atom. The van der Waals surface area contributed by atoms with Crippen LogP contribution in [0.1, 0.15) is 15.9 Å². The zero-order chi connectivity index (χ0) is 14.3. The molecule has 1 aromatic rings. The van der Waals surface area contributed by atoms with Crippen molar-refractivity contribution in [3.05, 3.63) is 29.3 Å². The maximum atomic E-state index is 11.6. The number of thioether (sulfide) groups is 1. The van der Waals surface area contributed by atoms with Gasteiger partial charge in [-0.2, -0.15) is 11.8 Å². The standard InChI is InChI=1S/C13H17NO4S/c1-17-11-5-4-9(6-10(11)13(16)18-2)7-14-12(15)8-19-3/h4-6H,7-8H2,1-3H3,(H,14,15). The number of esters is 1. The molecular formula is C13H17NO4S. The van der Waals surface area contributed by atoms with Crippen LogP contribution in [-0.4, -0.2) is 38.1 Å². The van der Waals surface area contributed by atoms with E-state index < -0.39 is 5.97 Å². The van der Waals surface area contributed by atoms with Gasteiger partial charge >= 0.3 is 5.97 Å². The minimum Gasteiger partial charge on any atom is -0.496 e. The van der Waals surface area contributed by atoms with E-state index in [1.54, 1.807) is 18.2 Å². The second-order valence-corrected chi connectivity index (χ2v) is 4.60. The lowest BCUT2D eigenvalue weighted by Gasteiger charge is -2.10. The zero-order valence-corrected chi connectivity index (χ0v) is 12.0. The molecule has 0 aliphatic carbocycles. The van der Waals surface area contributed by atoms with Gasteiger partial charge in [0.1, 0.15) is 11.3 Å². The molecular weight excluding hydrogens is 266 g/mol.